The number of hydrogen-bond donors (Lipinski definition) is 1. The molecule has 0 saturated heterocycles. The molecule has 0 aromatic heterocycles. The summed E-state index contributed by atoms with van der Waals surface area (Å²) in [5.74, 6) is 0. The lowest BCUT2D eigenvalue weighted by atomic mass is 10.1. The molecule has 5 heteroatoms. The summed E-state index contributed by atoms with van der Waals surface area (Å²) < 4.78 is 0. The Bertz CT molecular complexity index is 585. The van der Waals surface area contributed by atoms with Crippen molar-refractivity contribution in [2.75, 3.05) is 6.54 Å². The number of benzene rings is 2. The second-order valence-corrected chi connectivity index (χ2v) is 5.02. The molecule has 0 unspecified atom stereocenters. The summed E-state index contributed by atoms with van der Waals surface area (Å²) in [5, 5.41) is 13.6. The minimum Gasteiger partial charge on any atom is -0.342 e. The van der Waals surface area contributed by atoms with Crippen LogP contribution < -0.4 is 5.32 Å². The first-order valence-corrected chi connectivity index (χ1v) is 6.82. The van der Waals surface area contributed by atoms with Crippen LogP contribution in [0.2, 0.25) is 5.02 Å². The number of non-ortho nitro benzene ring substituents is 1. The van der Waals surface area contributed by atoms with E-state index in [1.54, 1.807) is 12.1 Å². The lowest BCUT2D eigenvalue weighted by Gasteiger charge is -2.03. The Kier molecular flexibility index (Phi) is 5.09. The number of halogens is 1. The lowest BCUT2D eigenvalue weighted by molar-refractivity contribution is -0.670. The summed E-state index contributed by atoms with van der Waals surface area (Å²) in [7, 11) is 0. The van der Waals surface area contributed by atoms with Crippen LogP contribution in [-0.4, -0.2) is 11.5 Å². The van der Waals surface area contributed by atoms with Crippen molar-refractivity contribution in [3.8, 4) is 0 Å². The molecule has 0 aliphatic heterocycles. The number of nitro groups is 1. The molecule has 2 aromatic rings. The Balaban J connectivity index is 1.79. The highest BCUT2D eigenvalue weighted by atomic mass is 35.5. The van der Waals surface area contributed by atoms with Gasteiger partial charge in [-0.05, 0) is 17.7 Å². The molecular formula is C15H16ClN2O2+. The van der Waals surface area contributed by atoms with E-state index in [2.05, 4.69) is 5.32 Å². The van der Waals surface area contributed by atoms with Gasteiger partial charge in [0, 0.05) is 29.1 Å². The van der Waals surface area contributed by atoms with E-state index in [9.17, 15) is 10.1 Å². The van der Waals surface area contributed by atoms with Crippen molar-refractivity contribution in [1.29, 1.82) is 0 Å². The molecule has 0 aliphatic carbocycles. The van der Waals surface area contributed by atoms with Gasteiger partial charge < -0.3 is 5.32 Å². The third-order valence-corrected chi connectivity index (χ3v) is 3.30. The molecule has 2 rings (SSSR count). The number of nitrogens with two attached hydrogens (primary N) is 1. The maximum absolute atomic E-state index is 10.7. The number of nitro benzene ring substituents is 1. The number of quaternary nitrogens is 1. The summed E-state index contributed by atoms with van der Waals surface area (Å²) in [5.41, 5.74) is 2.36. The first kappa shape index (κ1) is 14.5. The average Bonchev–Trinajstić information content (AvgIpc) is 2.46. The normalized spacial score (nSPS) is 10.4. The van der Waals surface area contributed by atoms with Crippen LogP contribution in [0.1, 0.15) is 11.1 Å². The lowest BCUT2D eigenvalue weighted by Crippen LogP contribution is -2.83. The molecule has 20 heavy (non-hydrogen) atoms. The van der Waals surface area contributed by atoms with Crippen molar-refractivity contribution in [2.24, 2.45) is 0 Å². The first-order chi connectivity index (χ1) is 9.65. The fraction of sp³-hybridized carbons (Fsp3) is 0.200. The van der Waals surface area contributed by atoms with Crippen molar-refractivity contribution in [3.05, 3.63) is 74.8 Å². The highest BCUT2D eigenvalue weighted by Gasteiger charge is 2.06. The molecule has 0 radical (unpaired) electrons. The molecule has 0 atom stereocenters. The van der Waals surface area contributed by atoms with Gasteiger partial charge in [0.05, 0.1) is 11.5 Å². The summed E-state index contributed by atoms with van der Waals surface area (Å²) >= 11 is 5.83. The molecule has 104 valence electrons. The molecule has 0 aliphatic rings. The second kappa shape index (κ2) is 7.03. The van der Waals surface area contributed by atoms with Gasteiger partial charge >= 0.3 is 0 Å². The standard InChI is InChI=1S/C15H15ClN2O2/c16-14-6-4-12(5-7-14)8-9-17-11-13-2-1-3-15(10-13)18(19)20/h1-7,10,17H,8-9,11H2/p+1. The van der Waals surface area contributed by atoms with Crippen LogP contribution in [0.5, 0.6) is 0 Å². The minimum absolute atomic E-state index is 0.147. The van der Waals surface area contributed by atoms with Gasteiger partial charge in [-0.25, -0.2) is 0 Å². The van der Waals surface area contributed by atoms with Crippen LogP contribution in [0.4, 0.5) is 5.69 Å². The highest BCUT2D eigenvalue weighted by molar-refractivity contribution is 6.30. The third-order valence-electron chi connectivity index (χ3n) is 3.05. The van der Waals surface area contributed by atoms with Crippen molar-refractivity contribution in [3.63, 3.8) is 0 Å². The monoisotopic (exact) mass is 291 g/mol. The summed E-state index contributed by atoms with van der Waals surface area (Å²) in [6, 6.07) is 14.6. The van der Waals surface area contributed by atoms with Gasteiger partial charge in [0.1, 0.15) is 6.54 Å². The Morgan fingerprint density at radius 2 is 1.85 bits per heavy atom. The highest BCUT2D eigenvalue weighted by Crippen LogP contribution is 2.12. The van der Waals surface area contributed by atoms with E-state index in [4.69, 9.17) is 11.6 Å². The maximum atomic E-state index is 10.7. The zero-order valence-corrected chi connectivity index (χ0v) is 11.7. The fourth-order valence-electron chi connectivity index (χ4n) is 1.99. The van der Waals surface area contributed by atoms with Crippen molar-refractivity contribution in [2.45, 2.75) is 13.0 Å². The van der Waals surface area contributed by atoms with Gasteiger partial charge in [0.2, 0.25) is 0 Å². The molecule has 0 saturated carbocycles. The van der Waals surface area contributed by atoms with Crippen molar-refractivity contribution >= 4 is 17.3 Å². The molecular weight excluding hydrogens is 276 g/mol. The van der Waals surface area contributed by atoms with Gasteiger partial charge in [0.25, 0.3) is 5.69 Å². The van der Waals surface area contributed by atoms with E-state index in [0.717, 1.165) is 30.1 Å². The average molecular weight is 292 g/mol. The Morgan fingerprint density at radius 3 is 2.55 bits per heavy atom. The van der Waals surface area contributed by atoms with Gasteiger partial charge in [-0.2, -0.15) is 0 Å². The van der Waals surface area contributed by atoms with E-state index < -0.39 is 0 Å². The minimum atomic E-state index is -0.364. The quantitative estimate of drug-likeness (QED) is 0.505. The molecule has 2 aromatic carbocycles. The molecule has 2 N–H and O–H groups in total. The van der Waals surface area contributed by atoms with Gasteiger partial charge in [-0.1, -0.05) is 35.9 Å². The predicted molar refractivity (Wildman–Crippen MR) is 78.7 cm³/mol. The predicted octanol–water partition coefficient (Wildman–Crippen LogP) is 2.55. The maximum Gasteiger partial charge on any atom is 0.269 e. The topological polar surface area (TPSA) is 59.8 Å². The molecule has 0 amide bonds. The van der Waals surface area contributed by atoms with Crippen LogP contribution in [0.3, 0.4) is 0 Å². The molecule has 0 spiro atoms. The van der Waals surface area contributed by atoms with Crippen molar-refractivity contribution < 1.29 is 10.2 Å². The van der Waals surface area contributed by atoms with E-state index >= 15 is 0 Å². The summed E-state index contributed by atoms with van der Waals surface area (Å²) in [6.07, 6.45) is 0.950. The zero-order chi connectivity index (χ0) is 14.4. The number of hydrogen-bond acceptors (Lipinski definition) is 2. The van der Waals surface area contributed by atoms with E-state index in [-0.39, 0.29) is 10.6 Å². The molecule has 0 heterocycles. The second-order valence-electron chi connectivity index (χ2n) is 4.58. The number of nitrogens with zero attached hydrogens (tertiary/aromatic N) is 1. The fourth-order valence-corrected chi connectivity index (χ4v) is 2.11. The van der Waals surface area contributed by atoms with Crippen LogP contribution in [0.15, 0.2) is 48.5 Å². The van der Waals surface area contributed by atoms with Crippen molar-refractivity contribution in [1.82, 2.24) is 0 Å². The summed E-state index contributed by atoms with van der Waals surface area (Å²) in [4.78, 5) is 10.3. The molecule has 0 bridgehead atoms. The SMILES string of the molecule is O=[N+]([O-])c1cccc(C[NH2+]CCc2ccc(Cl)cc2)c1. The van der Waals surface area contributed by atoms with Crippen LogP contribution in [0, 0.1) is 10.1 Å². The van der Waals surface area contributed by atoms with Crippen LogP contribution >= 0.6 is 11.6 Å². The van der Waals surface area contributed by atoms with Crippen LogP contribution in [-0.2, 0) is 13.0 Å². The number of rotatable bonds is 6. The van der Waals surface area contributed by atoms with Gasteiger partial charge in [0.15, 0.2) is 0 Å². The van der Waals surface area contributed by atoms with Gasteiger partial charge in [-0.3, -0.25) is 10.1 Å². The Labute approximate surface area is 122 Å². The largest absolute Gasteiger partial charge is 0.342 e. The van der Waals surface area contributed by atoms with Gasteiger partial charge in [-0.15, -0.1) is 0 Å². The molecule has 4 nitrogen and oxygen atoms in total. The third kappa shape index (κ3) is 4.33. The Morgan fingerprint density at radius 1 is 1.10 bits per heavy atom. The summed E-state index contributed by atoms with van der Waals surface area (Å²) in [6.45, 7) is 1.68. The Hall–Kier alpha value is -1.91. The smallest absolute Gasteiger partial charge is 0.269 e. The zero-order valence-electron chi connectivity index (χ0n) is 11.0. The van der Waals surface area contributed by atoms with Crippen LogP contribution in [0.25, 0.3) is 0 Å². The molecule has 0 fully saturated rings. The van der Waals surface area contributed by atoms with E-state index in [1.165, 1.54) is 11.6 Å². The van der Waals surface area contributed by atoms with E-state index in [0.29, 0.717) is 0 Å². The first-order valence-electron chi connectivity index (χ1n) is 6.44. The van der Waals surface area contributed by atoms with E-state index in [1.807, 2.05) is 30.3 Å².